The van der Waals surface area contributed by atoms with E-state index in [0.717, 1.165) is 11.8 Å². The van der Waals surface area contributed by atoms with Gasteiger partial charge in [0.25, 0.3) is 5.69 Å². The molecule has 0 heterocycles. The Balaban J connectivity index is 2.41. The molecule has 19 heavy (non-hydrogen) atoms. The van der Waals surface area contributed by atoms with Crippen LogP contribution in [-0.4, -0.2) is 25.6 Å². The van der Waals surface area contributed by atoms with Crippen molar-refractivity contribution in [3.63, 3.8) is 0 Å². The summed E-state index contributed by atoms with van der Waals surface area (Å²) >= 11 is 0. The van der Waals surface area contributed by atoms with Crippen molar-refractivity contribution in [2.75, 3.05) is 6.26 Å². The van der Waals surface area contributed by atoms with Gasteiger partial charge in [-0.1, -0.05) is 12.1 Å². The molecule has 0 saturated heterocycles. The lowest BCUT2D eigenvalue weighted by atomic mass is 10.1. The molecule has 0 amide bonds. The molecule has 7 nitrogen and oxygen atoms in total. The zero-order valence-corrected chi connectivity index (χ0v) is 11.1. The van der Waals surface area contributed by atoms with Gasteiger partial charge in [-0.15, -0.1) is 0 Å². The summed E-state index contributed by atoms with van der Waals surface area (Å²) < 4.78 is 25.5. The van der Waals surface area contributed by atoms with E-state index in [-0.39, 0.29) is 12.1 Å². The average Bonchev–Trinajstić information content (AvgIpc) is 2.27. The molecule has 0 fully saturated rings. The number of benzene rings is 1. The van der Waals surface area contributed by atoms with E-state index in [1.807, 2.05) is 0 Å². The quantitative estimate of drug-likeness (QED) is 0.445. The Kier molecular flexibility index (Phi) is 4.99. The van der Waals surface area contributed by atoms with Crippen LogP contribution in [-0.2, 0) is 25.5 Å². The number of nitrogens with zero attached hydrogens (tertiary/aromatic N) is 1. The summed E-state index contributed by atoms with van der Waals surface area (Å²) in [6.45, 7) is 0. The van der Waals surface area contributed by atoms with Crippen molar-refractivity contribution in [3.05, 3.63) is 39.9 Å². The van der Waals surface area contributed by atoms with Gasteiger partial charge in [0.1, 0.15) is 0 Å². The normalized spacial score (nSPS) is 11.0. The first-order chi connectivity index (χ1) is 8.78. The molecule has 0 atom stereocenters. The molecule has 0 bridgehead atoms. The summed E-state index contributed by atoms with van der Waals surface area (Å²) in [6.07, 6.45) is 1.70. The molecule has 0 aliphatic heterocycles. The Morgan fingerprint density at radius 1 is 1.32 bits per heavy atom. The summed E-state index contributed by atoms with van der Waals surface area (Å²) in [5.74, 6) is -0.801. The molecule has 0 radical (unpaired) electrons. The number of nitro benzene ring substituents is 1. The van der Waals surface area contributed by atoms with Crippen molar-refractivity contribution in [2.24, 2.45) is 0 Å². The fraction of sp³-hybridized carbons (Fsp3) is 0.364. The third-order valence-corrected chi connectivity index (χ3v) is 2.73. The standard InChI is InChI=1S/C11H13NO6S/c1-19(16,17)18-11(13)4-2-3-9-5-7-10(8-6-9)12(14)15/h5-8H,2-4H2,1H3. The van der Waals surface area contributed by atoms with E-state index in [2.05, 4.69) is 4.18 Å². The maximum Gasteiger partial charge on any atom is 0.322 e. The molecule has 1 aromatic rings. The number of rotatable bonds is 6. The lowest BCUT2D eigenvalue weighted by Gasteiger charge is -2.02. The number of nitro groups is 1. The lowest BCUT2D eigenvalue weighted by Crippen LogP contribution is -2.11. The van der Waals surface area contributed by atoms with Crippen LogP contribution in [0.5, 0.6) is 0 Å². The summed E-state index contributed by atoms with van der Waals surface area (Å²) in [5, 5.41) is 10.4. The highest BCUT2D eigenvalue weighted by molar-refractivity contribution is 7.86. The SMILES string of the molecule is CS(=O)(=O)OC(=O)CCCc1ccc([N+](=O)[O-])cc1. The molecule has 0 aromatic heterocycles. The number of carbonyl (C=O) groups is 1. The van der Waals surface area contributed by atoms with Gasteiger partial charge in [0.2, 0.25) is 0 Å². The maximum absolute atomic E-state index is 11.1. The fourth-order valence-electron chi connectivity index (χ4n) is 1.43. The molecule has 0 saturated carbocycles. The van der Waals surface area contributed by atoms with Crippen molar-refractivity contribution in [3.8, 4) is 0 Å². The summed E-state index contributed by atoms with van der Waals surface area (Å²) in [7, 11) is -3.76. The van der Waals surface area contributed by atoms with Crippen LogP contribution in [0.3, 0.4) is 0 Å². The number of non-ortho nitro benzene ring substituents is 1. The number of hydrogen-bond donors (Lipinski definition) is 0. The van der Waals surface area contributed by atoms with Crippen molar-refractivity contribution in [2.45, 2.75) is 19.3 Å². The van der Waals surface area contributed by atoms with Gasteiger partial charge < -0.3 is 4.18 Å². The summed E-state index contributed by atoms with van der Waals surface area (Å²) in [5.41, 5.74) is 0.831. The van der Waals surface area contributed by atoms with Gasteiger partial charge in [-0.2, -0.15) is 8.42 Å². The highest BCUT2D eigenvalue weighted by atomic mass is 32.2. The highest BCUT2D eigenvalue weighted by Gasteiger charge is 2.10. The van der Waals surface area contributed by atoms with Crippen LogP contribution in [0.4, 0.5) is 5.69 Å². The largest absolute Gasteiger partial charge is 0.346 e. The maximum atomic E-state index is 11.1. The Morgan fingerprint density at radius 3 is 2.37 bits per heavy atom. The van der Waals surface area contributed by atoms with Crippen molar-refractivity contribution in [1.82, 2.24) is 0 Å². The molecular weight excluding hydrogens is 274 g/mol. The van der Waals surface area contributed by atoms with Gasteiger partial charge in [0.05, 0.1) is 11.2 Å². The molecule has 1 aromatic carbocycles. The first-order valence-corrected chi connectivity index (χ1v) is 7.25. The van der Waals surface area contributed by atoms with Crippen LogP contribution < -0.4 is 0 Å². The van der Waals surface area contributed by atoms with Crippen LogP contribution in [0.15, 0.2) is 24.3 Å². The second-order valence-electron chi connectivity index (χ2n) is 3.94. The first kappa shape index (κ1) is 15.1. The van der Waals surface area contributed by atoms with Gasteiger partial charge in [0.15, 0.2) is 0 Å². The number of hydrogen-bond acceptors (Lipinski definition) is 6. The Hall–Kier alpha value is -1.96. The molecule has 104 valence electrons. The average molecular weight is 287 g/mol. The van der Waals surface area contributed by atoms with E-state index < -0.39 is 21.0 Å². The number of aryl methyl sites for hydroxylation is 1. The zero-order valence-electron chi connectivity index (χ0n) is 10.2. The summed E-state index contributed by atoms with van der Waals surface area (Å²) in [4.78, 5) is 21.0. The fourth-order valence-corrected chi connectivity index (χ4v) is 1.85. The second-order valence-corrected chi connectivity index (χ2v) is 5.51. The molecule has 0 aliphatic rings. The van der Waals surface area contributed by atoms with E-state index in [0.29, 0.717) is 12.8 Å². The van der Waals surface area contributed by atoms with E-state index in [1.165, 1.54) is 12.1 Å². The van der Waals surface area contributed by atoms with E-state index in [1.54, 1.807) is 12.1 Å². The van der Waals surface area contributed by atoms with E-state index in [9.17, 15) is 23.3 Å². The van der Waals surface area contributed by atoms with Crippen molar-refractivity contribution < 1.29 is 22.3 Å². The molecule has 0 spiro atoms. The molecule has 0 N–H and O–H groups in total. The van der Waals surface area contributed by atoms with Gasteiger partial charge in [0, 0.05) is 18.6 Å². The van der Waals surface area contributed by atoms with Gasteiger partial charge in [-0.25, -0.2) is 0 Å². The molecule has 0 aliphatic carbocycles. The number of carbonyl (C=O) groups excluding carboxylic acids is 1. The van der Waals surface area contributed by atoms with Gasteiger partial charge >= 0.3 is 16.1 Å². The Labute approximate surface area is 110 Å². The van der Waals surface area contributed by atoms with Crippen molar-refractivity contribution >= 4 is 21.8 Å². The van der Waals surface area contributed by atoms with Crippen LogP contribution in [0.25, 0.3) is 0 Å². The second kappa shape index (κ2) is 6.28. The molecular formula is C11H13NO6S. The first-order valence-electron chi connectivity index (χ1n) is 5.43. The molecule has 0 unspecified atom stereocenters. The minimum atomic E-state index is -3.76. The predicted molar refractivity (Wildman–Crippen MR) is 67.0 cm³/mol. The Morgan fingerprint density at radius 2 is 1.89 bits per heavy atom. The van der Waals surface area contributed by atoms with Crippen LogP contribution in [0.2, 0.25) is 0 Å². The lowest BCUT2D eigenvalue weighted by molar-refractivity contribution is -0.384. The highest BCUT2D eigenvalue weighted by Crippen LogP contribution is 2.13. The monoisotopic (exact) mass is 287 g/mol. The predicted octanol–water partition coefficient (Wildman–Crippen LogP) is 1.42. The minimum Gasteiger partial charge on any atom is -0.346 e. The molecule has 1 rings (SSSR count). The van der Waals surface area contributed by atoms with Crippen LogP contribution >= 0.6 is 0 Å². The molecule has 8 heteroatoms. The van der Waals surface area contributed by atoms with E-state index in [4.69, 9.17) is 0 Å². The topological polar surface area (TPSA) is 104 Å². The van der Waals surface area contributed by atoms with Crippen LogP contribution in [0, 0.1) is 10.1 Å². The minimum absolute atomic E-state index is 0.000219. The third-order valence-electron chi connectivity index (χ3n) is 2.24. The van der Waals surface area contributed by atoms with Gasteiger partial charge in [-0.3, -0.25) is 14.9 Å². The Bertz CT molecular complexity index is 563. The zero-order chi connectivity index (χ0) is 14.5. The smallest absolute Gasteiger partial charge is 0.322 e. The summed E-state index contributed by atoms with van der Waals surface area (Å²) in [6, 6.07) is 5.95. The van der Waals surface area contributed by atoms with Gasteiger partial charge in [-0.05, 0) is 18.4 Å². The van der Waals surface area contributed by atoms with Crippen molar-refractivity contribution in [1.29, 1.82) is 0 Å². The van der Waals surface area contributed by atoms with Crippen LogP contribution in [0.1, 0.15) is 18.4 Å². The van der Waals surface area contributed by atoms with E-state index >= 15 is 0 Å². The third kappa shape index (κ3) is 5.96.